The molecule has 14 heavy (non-hydrogen) atoms. The van der Waals surface area contributed by atoms with Crippen LogP contribution in [0.2, 0.25) is 0 Å². The summed E-state index contributed by atoms with van der Waals surface area (Å²) in [4.78, 5) is 26.0. The molecule has 4 nitrogen and oxygen atoms in total. The van der Waals surface area contributed by atoms with E-state index < -0.39 is 0 Å². The average Bonchev–Trinajstić information content (AvgIpc) is 2.41. The number of carbonyl (C=O) groups is 2. The highest BCUT2D eigenvalue weighted by atomic mass is 32.1. The molecule has 1 aliphatic rings. The maximum atomic E-state index is 11.3. The second-order valence-electron chi connectivity index (χ2n) is 3.40. The van der Waals surface area contributed by atoms with E-state index in [2.05, 4.69) is 12.6 Å². The number of hydrogen-bond acceptors (Lipinski definition) is 3. The van der Waals surface area contributed by atoms with Gasteiger partial charge in [0.2, 0.25) is 11.8 Å². The van der Waals surface area contributed by atoms with E-state index in [1.807, 2.05) is 0 Å². The zero-order valence-corrected chi connectivity index (χ0v) is 9.30. The fourth-order valence-corrected chi connectivity index (χ4v) is 1.78. The summed E-state index contributed by atoms with van der Waals surface area (Å²) in [7, 11) is 0. The van der Waals surface area contributed by atoms with Crippen molar-refractivity contribution in [1.29, 1.82) is 0 Å². The minimum atomic E-state index is 0.0544. The highest BCUT2D eigenvalue weighted by molar-refractivity contribution is 7.81. The average molecular weight is 216 g/mol. The molecule has 0 aromatic rings. The fraction of sp³-hybridized carbons (Fsp3) is 0.778. The van der Waals surface area contributed by atoms with Crippen LogP contribution in [0.25, 0.3) is 0 Å². The first-order chi connectivity index (χ1) is 6.65. The van der Waals surface area contributed by atoms with Crippen LogP contribution >= 0.6 is 12.6 Å². The molecule has 0 atom stereocenters. The Kier molecular flexibility index (Phi) is 4.25. The molecule has 1 fully saturated rings. The summed E-state index contributed by atoms with van der Waals surface area (Å²) in [5.74, 6) is 0.393. The number of carbonyl (C=O) groups excluding carboxylic acids is 2. The van der Waals surface area contributed by atoms with Crippen LogP contribution in [0.4, 0.5) is 0 Å². The van der Waals surface area contributed by atoms with Crippen LogP contribution in [-0.4, -0.2) is 53.5 Å². The van der Waals surface area contributed by atoms with Crippen LogP contribution in [0.15, 0.2) is 0 Å². The Morgan fingerprint density at radius 3 is 2.29 bits per heavy atom. The first kappa shape index (κ1) is 11.4. The smallest absolute Gasteiger partial charge is 0.232 e. The first-order valence-electron chi connectivity index (χ1n) is 4.79. The Hall–Kier alpha value is -0.710. The van der Waals surface area contributed by atoms with Crippen LogP contribution < -0.4 is 0 Å². The van der Waals surface area contributed by atoms with Gasteiger partial charge in [-0.3, -0.25) is 9.59 Å². The Bertz CT molecular complexity index is 233. The molecule has 0 spiro atoms. The number of nitrogens with zero attached hydrogens (tertiary/aromatic N) is 2. The standard InChI is InChI=1S/C9H16N2O2S/c1-8(12)10-3-2-4-11(6-5-10)9(13)7-14/h14H,2-7H2,1H3. The number of thiol groups is 1. The first-order valence-corrected chi connectivity index (χ1v) is 5.42. The summed E-state index contributed by atoms with van der Waals surface area (Å²) in [5, 5.41) is 0. The van der Waals surface area contributed by atoms with Gasteiger partial charge in [-0.15, -0.1) is 0 Å². The predicted molar refractivity (Wildman–Crippen MR) is 57.3 cm³/mol. The van der Waals surface area contributed by atoms with Gasteiger partial charge in [0.05, 0.1) is 5.75 Å². The van der Waals surface area contributed by atoms with E-state index in [0.717, 1.165) is 19.5 Å². The summed E-state index contributed by atoms with van der Waals surface area (Å²) in [5.41, 5.74) is 0. The summed E-state index contributed by atoms with van der Waals surface area (Å²) < 4.78 is 0. The molecule has 2 amide bonds. The number of rotatable bonds is 1. The van der Waals surface area contributed by atoms with Crippen LogP contribution in [0.5, 0.6) is 0 Å². The molecule has 5 heteroatoms. The van der Waals surface area contributed by atoms with Crippen molar-refractivity contribution in [3.05, 3.63) is 0 Å². The van der Waals surface area contributed by atoms with E-state index in [1.165, 1.54) is 0 Å². The quantitative estimate of drug-likeness (QED) is 0.627. The Morgan fingerprint density at radius 1 is 1.14 bits per heavy atom. The van der Waals surface area contributed by atoms with Gasteiger partial charge in [0.15, 0.2) is 0 Å². The van der Waals surface area contributed by atoms with Crippen LogP contribution in [0, 0.1) is 0 Å². The van der Waals surface area contributed by atoms with E-state index in [-0.39, 0.29) is 17.6 Å². The normalized spacial score (nSPS) is 17.9. The van der Waals surface area contributed by atoms with Crippen molar-refractivity contribution in [2.75, 3.05) is 31.9 Å². The van der Waals surface area contributed by atoms with Gasteiger partial charge in [-0.25, -0.2) is 0 Å². The lowest BCUT2D eigenvalue weighted by Gasteiger charge is -2.20. The zero-order chi connectivity index (χ0) is 10.6. The summed E-state index contributed by atoms with van der Waals surface area (Å²) >= 11 is 3.95. The molecule has 80 valence electrons. The molecule has 0 saturated carbocycles. The summed E-state index contributed by atoms with van der Waals surface area (Å²) in [6.07, 6.45) is 0.860. The number of hydrogen-bond donors (Lipinski definition) is 1. The molecule has 1 rings (SSSR count). The van der Waals surface area contributed by atoms with Gasteiger partial charge < -0.3 is 9.80 Å². The SMILES string of the molecule is CC(=O)N1CCCN(C(=O)CS)CC1. The molecule has 0 unspecified atom stereocenters. The highest BCUT2D eigenvalue weighted by Gasteiger charge is 2.18. The van der Waals surface area contributed by atoms with Gasteiger partial charge in [0, 0.05) is 33.1 Å². The molecule has 1 saturated heterocycles. The van der Waals surface area contributed by atoms with E-state index in [1.54, 1.807) is 16.7 Å². The van der Waals surface area contributed by atoms with Crippen molar-refractivity contribution in [3.63, 3.8) is 0 Å². The number of amides is 2. The second kappa shape index (κ2) is 5.24. The predicted octanol–water partition coefficient (Wildman–Crippen LogP) is -0.00300. The van der Waals surface area contributed by atoms with Gasteiger partial charge in [-0.2, -0.15) is 12.6 Å². The fourth-order valence-electron chi connectivity index (χ4n) is 1.58. The van der Waals surface area contributed by atoms with E-state index in [4.69, 9.17) is 0 Å². The minimum Gasteiger partial charge on any atom is -0.341 e. The van der Waals surface area contributed by atoms with E-state index in [9.17, 15) is 9.59 Å². The molecule has 1 heterocycles. The molecule has 0 aromatic carbocycles. The van der Waals surface area contributed by atoms with Crippen LogP contribution in [0.3, 0.4) is 0 Å². The molecule has 1 aliphatic heterocycles. The third-order valence-corrected chi connectivity index (χ3v) is 2.70. The monoisotopic (exact) mass is 216 g/mol. The highest BCUT2D eigenvalue weighted by Crippen LogP contribution is 2.04. The van der Waals surface area contributed by atoms with Gasteiger partial charge >= 0.3 is 0 Å². The molecule has 0 aliphatic carbocycles. The lowest BCUT2D eigenvalue weighted by Crippen LogP contribution is -2.37. The Morgan fingerprint density at radius 2 is 1.71 bits per heavy atom. The summed E-state index contributed by atoms with van der Waals surface area (Å²) in [6, 6.07) is 0. The maximum absolute atomic E-state index is 11.3. The zero-order valence-electron chi connectivity index (χ0n) is 8.40. The maximum Gasteiger partial charge on any atom is 0.232 e. The van der Waals surface area contributed by atoms with Gasteiger partial charge in [-0.05, 0) is 6.42 Å². The molecule has 0 N–H and O–H groups in total. The topological polar surface area (TPSA) is 40.6 Å². The largest absolute Gasteiger partial charge is 0.341 e. The van der Waals surface area contributed by atoms with Crippen molar-refractivity contribution in [2.24, 2.45) is 0 Å². The van der Waals surface area contributed by atoms with Crippen molar-refractivity contribution >= 4 is 24.4 Å². The van der Waals surface area contributed by atoms with Crippen molar-refractivity contribution in [2.45, 2.75) is 13.3 Å². The lowest BCUT2D eigenvalue weighted by molar-refractivity contribution is -0.130. The summed E-state index contributed by atoms with van der Waals surface area (Å²) in [6.45, 7) is 4.35. The molecule has 0 aromatic heterocycles. The molecule has 0 radical (unpaired) electrons. The van der Waals surface area contributed by atoms with Crippen LogP contribution in [-0.2, 0) is 9.59 Å². The van der Waals surface area contributed by atoms with E-state index in [0.29, 0.717) is 13.1 Å². The lowest BCUT2D eigenvalue weighted by atomic mass is 10.4. The molecule has 0 bridgehead atoms. The van der Waals surface area contributed by atoms with Crippen LogP contribution in [0.1, 0.15) is 13.3 Å². The van der Waals surface area contributed by atoms with Crippen molar-refractivity contribution < 1.29 is 9.59 Å². The van der Waals surface area contributed by atoms with Gasteiger partial charge in [0.1, 0.15) is 0 Å². The third-order valence-electron chi connectivity index (χ3n) is 2.43. The molecular formula is C9H16N2O2S. The minimum absolute atomic E-state index is 0.0544. The van der Waals surface area contributed by atoms with E-state index >= 15 is 0 Å². The van der Waals surface area contributed by atoms with Crippen molar-refractivity contribution in [3.8, 4) is 0 Å². The Balaban J connectivity index is 2.48. The van der Waals surface area contributed by atoms with Gasteiger partial charge in [-0.1, -0.05) is 0 Å². The second-order valence-corrected chi connectivity index (χ2v) is 3.71. The van der Waals surface area contributed by atoms with Crippen molar-refractivity contribution in [1.82, 2.24) is 9.80 Å². The molecular weight excluding hydrogens is 200 g/mol. The third kappa shape index (κ3) is 2.90. The van der Waals surface area contributed by atoms with Gasteiger partial charge in [0.25, 0.3) is 0 Å². The Labute approximate surface area is 89.7 Å².